The monoisotopic (exact) mass is 384 g/mol. The molecule has 0 fully saturated rings. The summed E-state index contributed by atoms with van der Waals surface area (Å²) in [5, 5.41) is 2.00. The Morgan fingerprint density at radius 2 is 1.96 bits per heavy atom. The van der Waals surface area contributed by atoms with Crippen LogP contribution in [0.15, 0.2) is 36.4 Å². The van der Waals surface area contributed by atoms with Crippen molar-refractivity contribution in [2.75, 3.05) is 13.7 Å². The quantitative estimate of drug-likeness (QED) is 0.448. The van der Waals surface area contributed by atoms with Gasteiger partial charge in [-0.05, 0) is 79.6 Å². The topological polar surface area (TPSA) is 51.0 Å². The van der Waals surface area contributed by atoms with Crippen molar-refractivity contribution in [3.63, 3.8) is 0 Å². The van der Waals surface area contributed by atoms with Crippen LogP contribution >= 0.6 is 11.6 Å². The molecule has 0 aliphatic carbocycles. The molecule has 2 aromatic carbocycles. The molecule has 144 valence electrons. The van der Waals surface area contributed by atoms with Crippen molar-refractivity contribution < 1.29 is 4.74 Å². The molecule has 0 saturated heterocycles. The molecule has 27 heavy (non-hydrogen) atoms. The summed E-state index contributed by atoms with van der Waals surface area (Å²) in [6.07, 6.45) is 4.19. The third-order valence-electron chi connectivity index (χ3n) is 5.42. The lowest BCUT2D eigenvalue weighted by Gasteiger charge is -2.11. The second kappa shape index (κ2) is 8.81. The highest BCUT2D eigenvalue weighted by Gasteiger charge is 2.18. The number of halogens is 1. The number of H-pyrrole nitrogens is 1. The normalized spacial score (nSPS) is 12.5. The lowest BCUT2D eigenvalue weighted by molar-refractivity contribution is 0.416. The zero-order valence-corrected chi connectivity index (χ0v) is 17.2. The number of nitrogens with one attached hydrogen (secondary N) is 1. The van der Waals surface area contributed by atoms with Gasteiger partial charge in [-0.25, -0.2) is 0 Å². The number of aromatic nitrogens is 1. The molecular formula is C23H29ClN2O. The van der Waals surface area contributed by atoms with Gasteiger partial charge >= 0.3 is 0 Å². The Hall–Kier alpha value is -1.97. The summed E-state index contributed by atoms with van der Waals surface area (Å²) in [4.78, 5) is 3.62. The van der Waals surface area contributed by atoms with Gasteiger partial charge in [-0.2, -0.15) is 0 Å². The molecule has 0 aliphatic heterocycles. The molecule has 0 aliphatic rings. The maximum absolute atomic E-state index is 6.30. The van der Waals surface area contributed by atoms with Crippen LogP contribution < -0.4 is 10.5 Å². The van der Waals surface area contributed by atoms with Crippen LogP contribution in [-0.2, 0) is 6.42 Å². The zero-order chi connectivity index (χ0) is 19.4. The number of nitrogens with two attached hydrogens (primary N) is 1. The van der Waals surface area contributed by atoms with E-state index in [4.69, 9.17) is 22.1 Å². The van der Waals surface area contributed by atoms with E-state index in [0.29, 0.717) is 10.9 Å². The van der Waals surface area contributed by atoms with E-state index < -0.39 is 0 Å². The van der Waals surface area contributed by atoms with Crippen LogP contribution in [0.4, 0.5) is 0 Å². The molecular weight excluding hydrogens is 356 g/mol. The summed E-state index contributed by atoms with van der Waals surface area (Å²) < 4.78 is 5.61. The lowest BCUT2D eigenvalue weighted by atomic mass is 9.94. The smallest absolute Gasteiger partial charge is 0.128 e. The summed E-state index contributed by atoms with van der Waals surface area (Å²) in [6.45, 7) is 5.23. The number of aromatic amines is 1. The van der Waals surface area contributed by atoms with Crippen molar-refractivity contribution in [1.29, 1.82) is 0 Å². The Bertz CT molecular complexity index is 916. The number of unbranched alkanes of at least 4 members (excludes halogenated alkanes) is 1. The van der Waals surface area contributed by atoms with E-state index in [-0.39, 0.29) is 0 Å². The summed E-state index contributed by atoms with van der Waals surface area (Å²) in [5.41, 5.74) is 11.7. The van der Waals surface area contributed by atoms with Gasteiger partial charge in [0.15, 0.2) is 0 Å². The number of aryl methyl sites for hydroxylation is 1. The Kier molecular flexibility index (Phi) is 6.46. The number of ether oxygens (including phenoxy) is 1. The molecule has 0 spiro atoms. The highest BCUT2D eigenvalue weighted by atomic mass is 35.5. The van der Waals surface area contributed by atoms with Crippen LogP contribution in [0.2, 0.25) is 5.02 Å². The van der Waals surface area contributed by atoms with E-state index in [1.54, 1.807) is 7.11 Å². The van der Waals surface area contributed by atoms with E-state index in [9.17, 15) is 0 Å². The molecule has 0 bridgehead atoms. The molecule has 4 heteroatoms. The third kappa shape index (κ3) is 4.15. The maximum Gasteiger partial charge on any atom is 0.128 e. The second-order valence-corrected chi connectivity index (χ2v) is 7.62. The average Bonchev–Trinajstić information content (AvgIpc) is 3.05. The number of rotatable bonds is 8. The minimum atomic E-state index is 0.547. The molecule has 1 heterocycles. The second-order valence-electron chi connectivity index (χ2n) is 7.18. The number of benzene rings is 2. The van der Waals surface area contributed by atoms with Crippen molar-refractivity contribution in [3.05, 3.63) is 52.5 Å². The van der Waals surface area contributed by atoms with Crippen molar-refractivity contribution in [3.8, 4) is 17.0 Å². The van der Waals surface area contributed by atoms with Gasteiger partial charge in [0.05, 0.1) is 12.8 Å². The fourth-order valence-corrected chi connectivity index (χ4v) is 3.79. The Morgan fingerprint density at radius 1 is 1.15 bits per heavy atom. The summed E-state index contributed by atoms with van der Waals surface area (Å²) in [5.74, 6) is 1.37. The molecule has 3 nitrogen and oxygen atoms in total. The predicted molar refractivity (Wildman–Crippen MR) is 116 cm³/mol. The van der Waals surface area contributed by atoms with Crippen LogP contribution in [0, 0.1) is 0 Å². The molecule has 1 atom stereocenters. The largest absolute Gasteiger partial charge is 0.496 e. The first-order valence-electron chi connectivity index (χ1n) is 9.77. The summed E-state index contributed by atoms with van der Waals surface area (Å²) >= 11 is 6.30. The van der Waals surface area contributed by atoms with Crippen LogP contribution in [0.3, 0.4) is 0 Å². The van der Waals surface area contributed by atoms with Gasteiger partial charge in [0.25, 0.3) is 0 Å². The van der Waals surface area contributed by atoms with Crippen molar-refractivity contribution >= 4 is 22.5 Å². The maximum atomic E-state index is 6.30. The molecule has 0 radical (unpaired) electrons. The zero-order valence-electron chi connectivity index (χ0n) is 16.4. The van der Waals surface area contributed by atoms with Crippen molar-refractivity contribution in [2.45, 2.75) is 45.4 Å². The first-order valence-corrected chi connectivity index (χ1v) is 10.1. The first kappa shape index (κ1) is 19.8. The lowest BCUT2D eigenvalue weighted by Crippen LogP contribution is -1.99. The number of hydrogen-bond donors (Lipinski definition) is 2. The van der Waals surface area contributed by atoms with E-state index in [1.807, 2.05) is 18.2 Å². The molecule has 0 saturated carbocycles. The molecule has 1 aromatic heterocycles. The van der Waals surface area contributed by atoms with Gasteiger partial charge in [0, 0.05) is 21.5 Å². The Morgan fingerprint density at radius 3 is 2.67 bits per heavy atom. The van der Waals surface area contributed by atoms with E-state index in [0.717, 1.165) is 54.8 Å². The van der Waals surface area contributed by atoms with Crippen molar-refractivity contribution in [1.82, 2.24) is 4.98 Å². The van der Waals surface area contributed by atoms with Gasteiger partial charge in [-0.1, -0.05) is 31.5 Å². The molecule has 3 N–H and O–H groups in total. The molecule has 0 amide bonds. The molecule has 3 aromatic rings. The molecule has 3 rings (SSSR count). The van der Waals surface area contributed by atoms with Crippen LogP contribution in [0.5, 0.6) is 5.75 Å². The SMILES string of the molecule is CCC(C)c1ccc2[nH]c(-c3cc(Cl)ccc3OC)c(CCCCN)c2c1. The Balaban J connectivity index is 2.19. The summed E-state index contributed by atoms with van der Waals surface area (Å²) in [7, 11) is 1.70. The predicted octanol–water partition coefficient (Wildman–Crippen LogP) is 6.29. The van der Waals surface area contributed by atoms with Crippen LogP contribution in [0.1, 0.15) is 50.2 Å². The number of hydrogen-bond acceptors (Lipinski definition) is 2. The van der Waals surface area contributed by atoms with Crippen LogP contribution in [-0.4, -0.2) is 18.6 Å². The van der Waals surface area contributed by atoms with E-state index in [2.05, 4.69) is 37.0 Å². The average molecular weight is 385 g/mol. The highest BCUT2D eigenvalue weighted by Crippen LogP contribution is 2.39. The molecule has 1 unspecified atom stereocenters. The van der Waals surface area contributed by atoms with E-state index >= 15 is 0 Å². The minimum absolute atomic E-state index is 0.547. The van der Waals surface area contributed by atoms with Gasteiger partial charge in [-0.15, -0.1) is 0 Å². The van der Waals surface area contributed by atoms with Gasteiger partial charge < -0.3 is 15.5 Å². The van der Waals surface area contributed by atoms with Gasteiger partial charge in [-0.3, -0.25) is 0 Å². The van der Waals surface area contributed by atoms with E-state index in [1.165, 1.54) is 16.5 Å². The van der Waals surface area contributed by atoms with Crippen molar-refractivity contribution in [2.24, 2.45) is 5.73 Å². The fraction of sp³-hybridized carbons (Fsp3) is 0.391. The minimum Gasteiger partial charge on any atom is -0.496 e. The van der Waals surface area contributed by atoms with Crippen LogP contribution in [0.25, 0.3) is 22.2 Å². The number of methoxy groups -OCH3 is 1. The Labute approximate surface area is 166 Å². The van der Waals surface area contributed by atoms with Gasteiger partial charge in [0.2, 0.25) is 0 Å². The highest BCUT2D eigenvalue weighted by molar-refractivity contribution is 6.31. The standard InChI is InChI=1S/C23H29ClN2O/c1-4-15(2)16-8-10-21-19(13-16)18(7-5-6-12-25)23(26-21)20-14-17(24)9-11-22(20)27-3/h8-11,13-15,26H,4-7,12,25H2,1-3H3. The fourth-order valence-electron chi connectivity index (χ4n) is 3.62. The first-order chi connectivity index (χ1) is 13.1. The summed E-state index contributed by atoms with van der Waals surface area (Å²) in [6, 6.07) is 12.5. The third-order valence-corrected chi connectivity index (χ3v) is 5.66. The number of fused-ring (bicyclic) bond motifs is 1. The van der Waals surface area contributed by atoms with Gasteiger partial charge in [0.1, 0.15) is 5.75 Å².